The Labute approximate surface area is 190 Å². The normalized spacial score (nSPS) is 11.2. The van der Waals surface area contributed by atoms with Crippen LogP contribution in [0, 0.1) is 6.92 Å². The van der Waals surface area contributed by atoms with E-state index in [1.54, 1.807) is 0 Å². The summed E-state index contributed by atoms with van der Waals surface area (Å²) in [7, 11) is 0. The average molecular weight is 414 g/mol. The minimum Gasteiger partial charge on any atom is -0.0622 e. The predicted molar refractivity (Wildman–Crippen MR) is 137 cm³/mol. The molecular formula is C30H53. The summed E-state index contributed by atoms with van der Waals surface area (Å²) in [5.74, 6) is 0. The van der Waals surface area contributed by atoms with Crippen LogP contribution in [-0.2, 0) is 6.42 Å². The van der Waals surface area contributed by atoms with Gasteiger partial charge in [-0.15, -0.1) is 0 Å². The Hall–Kier alpha value is -0.780. The molecule has 0 aliphatic carbocycles. The number of benzene rings is 1. The van der Waals surface area contributed by atoms with Gasteiger partial charge in [0.25, 0.3) is 0 Å². The lowest BCUT2D eigenvalue weighted by molar-refractivity contribution is 0.519. The fourth-order valence-electron chi connectivity index (χ4n) is 4.51. The molecule has 0 saturated heterocycles. The van der Waals surface area contributed by atoms with Crippen molar-refractivity contribution in [2.75, 3.05) is 0 Å². The first-order valence-electron chi connectivity index (χ1n) is 13.8. The summed E-state index contributed by atoms with van der Waals surface area (Å²) in [6.45, 7) is 3.92. The van der Waals surface area contributed by atoms with Gasteiger partial charge in [0.2, 0.25) is 0 Å². The Morgan fingerprint density at radius 2 is 0.667 bits per heavy atom. The smallest absolute Gasteiger partial charge is 0.0279 e. The van der Waals surface area contributed by atoms with Crippen molar-refractivity contribution < 1.29 is 0 Å². The van der Waals surface area contributed by atoms with Crippen LogP contribution in [0.3, 0.4) is 0 Å². The van der Waals surface area contributed by atoms with Crippen LogP contribution < -0.4 is 0 Å². The van der Waals surface area contributed by atoms with Crippen LogP contribution in [-0.4, -0.2) is 0 Å². The number of unbranched alkanes of at least 4 members (excludes halogenated alkanes) is 21. The summed E-state index contributed by atoms with van der Waals surface area (Å²) >= 11 is 0. The molecule has 1 rings (SSSR count). The first-order chi connectivity index (χ1) is 14.9. The molecular weight excluding hydrogens is 360 g/mol. The van der Waals surface area contributed by atoms with Crippen molar-refractivity contribution in [3.05, 3.63) is 42.8 Å². The van der Waals surface area contributed by atoms with E-state index in [0.29, 0.717) is 0 Å². The molecule has 1 aromatic rings. The number of hydrogen-bond donors (Lipinski definition) is 0. The molecule has 0 heteroatoms. The van der Waals surface area contributed by atoms with Gasteiger partial charge >= 0.3 is 0 Å². The van der Waals surface area contributed by atoms with E-state index in [9.17, 15) is 0 Å². The van der Waals surface area contributed by atoms with E-state index in [0.717, 1.165) is 6.42 Å². The second-order valence-electron chi connectivity index (χ2n) is 9.51. The summed E-state index contributed by atoms with van der Waals surface area (Å²) in [5.41, 5.74) is 1.50. The molecule has 0 spiro atoms. The Bertz CT molecular complexity index is 421. The van der Waals surface area contributed by atoms with Crippen molar-refractivity contribution in [2.45, 2.75) is 148 Å². The quantitative estimate of drug-likeness (QED) is 0.156. The minimum atomic E-state index is 1.12. The van der Waals surface area contributed by atoms with Gasteiger partial charge in [0.15, 0.2) is 0 Å². The summed E-state index contributed by atoms with van der Waals surface area (Å²) < 4.78 is 0. The molecule has 1 aromatic carbocycles. The van der Waals surface area contributed by atoms with E-state index in [4.69, 9.17) is 0 Å². The van der Waals surface area contributed by atoms with Crippen LogP contribution >= 0.6 is 0 Å². The third kappa shape index (κ3) is 19.2. The first kappa shape index (κ1) is 27.3. The molecule has 0 nitrogen and oxygen atoms in total. The summed E-state index contributed by atoms with van der Waals surface area (Å²) in [6.07, 6.45) is 32.8. The van der Waals surface area contributed by atoms with E-state index in [-0.39, 0.29) is 0 Å². The summed E-state index contributed by atoms with van der Waals surface area (Å²) in [4.78, 5) is 0. The van der Waals surface area contributed by atoms with Gasteiger partial charge in [0.05, 0.1) is 0 Å². The average Bonchev–Trinajstić information content (AvgIpc) is 2.78. The Balaban J connectivity index is 1.65. The highest BCUT2D eigenvalue weighted by molar-refractivity contribution is 5.14. The fourth-order valence-corrected chi connectivity index (χ4v) is 4.51. The second-order valence-corrected chi connectivity index (χ2v) is 9.51. The van der Waals surface area contributed by atoms with Gasteiger partial charge in [-0.3, -0.25) is 0 Å². The molecule has 1 radical (unpaired) electrons. The third-order valence-corrected chi connectivity index (χ3v) is 6.56. The number of aryl methyl sites for hydroxylation is 1. The molecule has 0 heterocycles. The zero-order chi connectivity index (χ0) is 21.4. The Morgan fingerprint density at radius 3 is 1.00 bits per heavy atom. The summed E-state index contributed by atoms with van der Waals surface area (Å²) in [5, 5.41) is 0. The van der Waals surface area contributed by atoms with Gasteiger partial charge in [0.1, 0.15) is 0 Å². The lowest BCUT2D eigenvalue weighted by Gasteiger charge is -2.04. The highest BCUT2D eigenvalue weighted by atomic mass is 14.0. The maximum absolute atomic E-state index is 3.92. The van der Waals surface area contributed by atoms with Crippen molar-refractivity contribution >= 4 is 0 Å². The topological polar surface area (TPSA) is 0 Å². The van der Waals surface area contributed by atoms with Gasteiger partial charge in [-0.2, -0.15) is 0 Å². The standard InChI is InChI=1S/C30H53/c1-2-3-4-5-6-7-8-9-10-11-12-13-14-15-16-17-18-19-20-21-22-24-27-30-28-25-23-26-29-30/h23,25-26,28-29H,1-22,24,27H2. The molecule has 0 aliphatic heterocycles. The molecule has 173 valence electrons. The lowest BCUT2D eigenvalue weighted by atomic mass is 10.0. The van der Waals surface area contributed by atoms with E-state index < -0.39 is 0 Å². The molecule has 0 aromatic heterocycles. The molecule has 0 saturated carbocycles. The van der Waals surface area contributed by atoms with Gasteiger partial charge in [-0.1, -0.05) is 172 Å². The maximum atomic E-state index is 3.92. The number of rotatable bonds is 23. The molecule has 0 aliphatic rings. The van der Waals surface area contributed by atoms with Gasteiger partial charge in [-0.25, -0.2) is 0 Å². The third-order valence-electron chi connectivity index (χ3n) is 6.56. The minimum absolute atomic E-state index is 1.12. The molecule has 0 unspecified atom stereocenters. The molecule has 0 fully saturated rings. The molecule has 0 amide bonds. The van der Waals surface area contributed by atoms with Crippen LogP contribution in [0.15, 0.2) is 30.3 Å². The van der Waals surface area contributed by atoms with E-state index in [2.05, 4.69) is 37.3 Å². The van der Waals surface area contributed by atoms with Crippen LogP contribution in [0.1, 0.15) is 147 Å². The van der Waals surface area contributed by atoms with Crippen molar-refractivity contribution in [1.29, 1.82) is 0 Å². The number of hydrogen-bond acceptors (Lipinski definition) is 0. The second kappa shape index (κ2) is 22.9. The lowest BCUT2D eigenvalue weighted by Crippen LogP contribution is -1.86. The zero-order valence-electron chi connectivity index (χ0n) is 20.4. The van der Waals surface area contributed by atoms with Gasteiger partial charge in [0, 0.05) is 0 Å². The van der Waals surface area contributed by atoms with Crippen LogP contribution in [0.5, 0.6) is 0 Å². The largest absolute Gasteiger partial charge is 0.0622 e. The van der Waals surface area contributed by atoms with Crippen molar-refractivity contribution in [2.24, 2.45) is 0 Å². The van der Waals surface area contributed by atoms with E-state index in [1.165, 1.54) is 147 Å². The van der Waals surface area contributed by atoms with Crippen LogP contribution in [0.4, 0.5) is 0 Å². The highest BCUT2D eigenvalue weighted by Gasteiger charge is 1.96. The molecule has 0 N–H and O–H groups in total. The van der Waals surface area contributed by atoms with E-state index >= 15 is 0 Å². The summed E-state index contributed by atoms with van der Waals surface area (Å²) in [6, 6.07) is 10.9. The van der Waals surface area contributed by atoms with Gasteiger partial charge < -0.3 is 0 Å². The van der Waals surface area contributed by atoms with Crippen molar-refractivity contribution in [1.82, 2.24) is 0 Å². The predicted octanol–water partition coefficient (Wildman–Crippen LogP) is 10.6. The highest BCUT2D eigenvalue weighted by Crippen LogP contribution is 2.15. The van der Waals surface area contributed by atoms with Gasteiger partial charge in [-0.05, 0) is 18.4 Å². The van der Waals surface area contributed by atoms with Crippen LogP contribution in [0.25, 0.3) is 0 Å². The molecule has 30 heavy (non-hydrogen) atoms. The molecule has 0 atom stereocenters. The van der Waals surface area contributed by atoms with E-state index in [1.807, 2.05) is 0 Å². The first-order valence-corrected chi connectivity index (χ1v) is 13.8. The van der Waals surface area contributed by atoms with Crippen molar-refractivity contribution in [3.63, 3.8) is 0 Å². The SMILES string of the molecule is [CH2]CCCCCCCCCCCCCCCCCCCCCCCc1ccccc1. The van der Waals surface area contributed by atoms with Crippen molar-refractivity contribution in [3.8, 4) is 0 Å². The fraction of sp³-hybridized carbons (Fsp3) is 0.767. The molecule has 0 bridgehead atoms. The zero-order valence-corrected chi connectivity index (χ0v) is 20.4. The van der Waals surface area contributed by atoms with Crippen LogP contribution in [0.2, 0.25) is 0 Å². The Morgan fingerprint density at radius 1 is 0.367 bits per heavy atom. The maximum Gasteiger partial charge on any atom is -0.0279 e. The Kier molecular flexibility index (Phi) is 20.8. The monoisotopic (exact) mass is 413 g/mol.